The van der Waals surface area contributed by atoms with E-state index in [-0.39, 0.29) is 18.0 Å². The molecule has 20 heavy (non-hydrogen) atoms. The van der Waals surface area contributed by atoms with Crippen molar-refractivity contribution in [1.82, 2.24) is 15.6 Å². The SMILES string of the molecule is CCc1cccnc1CNC(C)C(=O)NC(CC)CC. The monoisotopic (exact) mass is 277 g/mol. The predicted octanol–water partition coefficient (Wildman–Crippen LogP) is 2.43. The van der Waals surface area contributed by atoms with Gasteiger partial charge in [-0.15, -0.1) is 0 Å². The van der Waals surface area contributed by atoms with Crippen molar-refractivity contribution in [3.05, 3.63) is 29.6 Å². The van der Waals surface area contributed by atoms with Crippen LogP contribution in [0.15, 0.2) is 18.3 Å². The number of rotatable bonds is 8. The molecule has 0 fully saturated rings. The van der Waals surface area contributed by atoms with Gasteiger partial charge in [-0.3, -0.25) is 9.78 Å². The van der Waals surface area contributed by atoms with E-state index in [0.717, 1.165) is 25.0 Å². The van der Waals surface area contributed by atoms with E-state index in [2.05, 4.69) is 42.5 Å². The lowest BCUT2D eigenvalue weighted by atomic mass is 10.1. The molecule has 1 unspecified atom stereocenters. The highest BCUT2D eigenvalue weighted by Gasteiger charge is 2.15. The zero-order valence-corrected chi connectivity index (χ0v) is 13.1. The van der Waals surface area contributed by atoms with Gasteiger partial charge >= 0.3 is 0 Å². The van der Waals surface area contributed by atoms with Crippen LogP contribution in [-0.2, 0) is 17.8 Å². The summed E-state index contributed by atoms with van der Waals surface area (Å²) in [4.78, 5) is 16.4. The van der Waals surface area contributed by atoms with E-state index >= 15 is 0 Å². The van der Waals surface area contributed by atoms with Gasteiger partial charge in [-0.2, -0.15) is 0 Å². The van der Waals surface area contributed by atoms with E-state index in [4.69, 9.17) is 0 Å². The summed E-state index contributed by atoms with van der Waals surface area (Å²) in [5.74, 6) is 0.0627. The maximum absolute atomic E-state index is 12.1. The number of aryl methyl sites for hydroxylation is 1. The van der Waals surface area contributed by atoms with Gasteiger partial charge in [-0.1, -0.05) is 26.8 Å². The van der Waals surface area contributed by atoms with Gasteiger partial charge < -0.3 is 10.6 Å². The van der Waals surface area contributed by atoms with Crippen molar-refractivity contribution >= 4 is 5.91 Å². The molecular weight excluding hydrogens is 250 g/mol. The Morgan fingerprint density at radius 3 is 2.60 bits per heavy atom. The van der Waals surface area contributed by atoms with Crippen molar-refractivity contribution < 1.29 is 4.79 Å². The van der Waals surface area contributed by atoms with Gasteiger partial charge in [-0.25, -0.2) is 0 Å². The fraction of sp³-hybridized carbons (Fsp3) is 0.625. The average molecular weight is 277 g/mol. The first-order chi connectivity index (χ1) is 9.62. The van der Waals surface area contributed by atoms with E-state index < -0.39 is 0 Å². The Balaban J connectivity index is 2.50. The maximum Gasteiger partial charge on any atom is 0.237 e. The molecule has 2 N–H and O–H groups in total. The lowest BCUT2D eigenvalue weighted by Gasteiger charge is -2.19. The van der Waals surface area contributed by atoms with Crippen LogP contribution in [0, 0.1) is 0 Å². The number of pyridine rings is 1. The summed E-state index contributed by atoms with van der Waals surface area (Å²) >= 11 is 0. The fourth-order valence-corrected chi connectivity index (χ4v) is 2.11. The Labute approximate surface area is 122 Å². The molecule has 0 radical (unpaired) electrons. The number of amides is 1. The second-order valence-corrected chi connectivity index (χ2v) is 5.09. The zero-order chi connectivity index (χ0) is 15.0. The average Bonchev–Trinajstić information content (AvgIpc) is 2.50. The summed E-state index contributed by atoms with van der Waals surface area (Å²) in [7, 11) is 0. The van der Waals surface area contributed by atoms with Crippen LogP contribution in [0.1, 0.15) is 51.8 Å². The molecule has 112 valence electrons. The highest BCUT2D eigenvalue weighted by atomic mass is 16.2. The van der Waals surface area contributed by atoms with Gasteiger partial charge in [-0.05, 0) is 37.8 Å². The van der Waals surface area contributed by atoms with Gasteiger partial charge in [0, 0.05) is 18.8 Å². The number of hydrogen-bond donors (Lipinski definition) is 2. The van der Waals surface area contributed by atoms with Crippen molar-refractivity contribution in [3.63, 3.8) is 0 Å². The topological polar surface area (TPSA) is 54.0 Å². The third-order valence-corrected chi connectivity index (χ3v) is 3.67. The van der Waals surface area contributed by atoms with Crippen LogP contribution in [0.25, 0.3) is 0 Å². The first kappa shape index (κ1) is 16.6. The van der Waals surface area contributed by atoms with E-state index in [1.54, 1.807) is 6.20 Å². The molecule has 0 saturated heterocycles. The van der Waals surface area contributed by atoms with Crippen molar-refractivity contribution in [3.8, 4) is 0 Å². The molecule has 4 heteroatoms. The minimum absolute atomic E-state index is 0.0627. The molecule has 0 aliphatic carbocycles. The lowest BCUT2D eigenvalue weighted by molar-refractivity contribution is -0.123. The Bertz CT molecular complexity index is 416. The lowest BCUT2D eigenvalue weighted by Crippen LogP contribution is -2.45. The first-order valence-electron chi connectivity index (χ1n) is 7.58. The van der Waals surface area contributed by atoms with E-state index in [9.17, 15) is 4.79 Å². The van der Waals surface area contributed by atoms with Crippen molar-refractivity contribution in [2.75, 3.05) is 0 Å². The molecule has 0 aliphatic heterocycles. The molecule has 1 aromatic heterocycles. The number of nitrogens with zero attached hydrogens (tertiary/aromatic N) is 1. The van der Waals surface area contributed by atoms with Gasteiger partial charge in [0.15, 0.2) is 0 Å². The largest absolute Gasteiger partial charge is 0.352 e. The predicted molar refractivity (Wildman–Crippen MR) is 82.4 cm³/mol. The molecule has 0 bridgehead atoms. The molecule has 1 rings (SSSR count). The van der Waals surface area contributed by atoms with Gasteiger partial charge in [0.25, 0.3) is 0 Å². The molecular formula is C16H27N3O. The molecule has 4 nitrogen and oxygen atoms in total. The van der Waals surface area contributed by atoms with E-state index in [0.29, 0.717) is 6.54 Å². The van der Waals surface area contributed by atoms with E-state index in [1.807, 2.05) is 13.0 Å². The molecule has 1 amide bonds. The van der Waals surface area contributed by atoms with Gasteiger partial charge in [0.2, 0.25) is 5.91 Å². The molecule has 1 aromatic rings. The molecule has 1 atom stereocenters. The Kier molecular flexibility index (Phi) is 7.23. The number of hydrogen-bond acceptors (Lipinski definition) is 3. The second kappa shape index (κ2) is 8.69. The minimum Gasteiger partial charge on any atom is -0.352 e. The first-order valence-corrected chi connectivity index (χ1v) is 7.58. The van der Waals surface area contributed by atoms with Crippen LogP contribution >= 0.6 is 0 Å². The maximum atomic E-state index is 12.1. The summed E-state index contributed by atoms with van der Waals surface area (Å²) in [6, 6.07) is 4.10. The van der Waals surface area contributed by atoms with Crippen LogP contribution in [0.3, 0.4) is 0 Å². The zero-order valence-electron chi connectivity index (χ0n) is 13.1. The summed E-state index contributed by atoms with van der Waals surface area (Å²) < 4.78 is 0. The van der Waals surface area contributed by atoms with Crippen LogP contribution in [0.2, 0.25) is 0 Å². The summed E-state index contributed by atoms with van der Waals surface area (Å²) in [5.41, 5.74) is 2.25. The van der Waals surface area contributed by atoms with Crippen LogP contribution < -0.4 is 10.6 Å². The van der Waals surface area contributed by atoms with Crippen LogP contribution in [-0.4, -0.2) is 23.0 Å². The van der Waals surface area contributed by atoms with Crippen LogP contribution in [0.4, 0.5) is 0 Å². The summed E-state index contributed by atoms with van der Waals surface area (Å²) in [5, 5.41) is 6.31. The highest BCUT2D eigenvalue weighted by Crippen LogP contribution is 2.06. The summed E-state index contributed by atoms with van der Waals surface area (Å²) in [6.07, 6.45) is 4.69. The van der Waals surface area contributed by atoms with Crippen molar-refractivity contribution in [1.29, 1.82) is 0 Å². The van der Waals surface area contributed by atoms with Crippen molar-refractivity contribution in [2.45, 2.75) is 65.6 Å². The Morgan fingerprint density at radius 1 is 1.30 bits per heavy atom. The Morgan fingerprint density at radius 2 is 2.00 bits per heavy atom. The third kappa shape index (κ3) is 4.93. The highest BCUT2D eigenvalue weighted by molar-refractivity contribution is 5.81. The molecule has 0 spiro atoms. The quantitative estimate of drug-likeness (QED) is 0.767. The number of carbonyl (C=O) groups excluding carboxylic acids is 1. The standard InChI is InChI=1S/C16H27N3O/c1-5-13-9-8-10-17-15(13)11-18-12(4)16(20)19-14(6-2)7-3/h8-10,12,14,18H,5-7,11H2,1-4H3,(H,19,20). The molecule has 1 heterocycles. The minimum atomic E-state index is -0.206. The Hall–Kier alpha value is -1.42. The number of carbonyl (C=O) groups is 1. The molecule has 0 aromatic carbocycles. The van der Waals surface area contributed by atoms with Gasteiger partial charge in [0.05, 0.1) is 11.7 Å². The second-order valence-electron chi connectivity index (χ2n) is 5.09. The van der Waals surface area contributed by atoms with Crippen molar-refractivity contribution in [2.24, 2.45) is 0 Å². The number of aromatic nitrogens is 1. The normalized spacial score (nSPS) is 12.4. The molecule has 0 saturated carbocycles. The fourth-order valence-electron chi connectivity index (χ4n) is 2.11. The summed E-state index contributed by atoms with van der Waals surface area (Å²) in [6.45, 7) is 8.82. The van der Waals surface area contributed by atoms with Crippen LogP contribution in [0.5, 0.6) is 0 Å². The number of nitrogens with one attached hydrogen (secondary N) is 2. The third-order valence-electron chi connectivity index (χ3n) is 3.67. The smallest absolute Gasteiger partial charge is 0.237 e. The molecule has 0 aliphatic rings. The van der Waals surface area contributed by atoms with Gasteiger partial charge in [0.1, 0.15) is 0 Å². The van der Waals surface area contributed by atoms with E-state index in [1.165, 1.54) is 5.56 Å².